The van der Waals surface area contributed by atoms with Gasteiger partial charge in [-0.15, -0.1) is 0 Å². The predicted octanol–water partition coefficient (Wildman–Crippen LogP) is 1.91. The third-order valence-corrected chi connectivity index (χ3v) is 3.14. The average Bonchev–Trinajstić information content (AvgIpc) is 2.58. The van der Waals surface area contributed by atoms with Crippen molar-refractivity contribution in [3.63, 3.8) is 0 Å². The Balaban J connectivity index is 2.05. The maximum Gasteiger partial charge on any atom is 0.255 e. The van der Waals surface area contributed by atoms with E-state index >= 15 is 0 Å². The Bertz CT molecular complexity index is 422. The van der Waals surface area contributed by atoms with Crippen molar-refractivity contribution in [3.8, 4) is 0 Å². The van der Waals surface area contributed by atoms with Crippen LogP contribution in [0.25, 0.3) is 0 Å². The number of thioether (sulfide) groups is 1. The average molecular weight is 222 g/mol. The van der Waals surface area contributed by atoms with Crippen LogP contribution in [-0.4, -0.2) is 5.16 Å². The highest BCUT2D eigenvalue weighted by Crippen LogP contribution is 2.21. The fraction of sp³-hybridized carbons (Fsp3) is 0.200. The highest BCUT2D eigenvalue weighted by atomic mass is 32.2. The van der Waals surface area contributed by atoms with E-state index in [-0.39, 0.29) is 0 Å². The van der Waals surface area contributed by atoms with E-state index in [1.54, 1.807) is 6.92 Å². The zero-order chi connectivity index (χ0) is 10.7. The number of aromatic nitrogens is 2. The summed E-state index contributed by atoms with van der Waals surface area (Å²) in [6, 6.07) is 9.95. The van der Waals surface area contributed by atoms with Gasteiger partial charge in [-0.25, -0.2) is 0 Å². The van der Waals surface area contributed by atoms with Crippen LogP contribution in [0.1, 0.15) is 11.3 Å². The zero-order valence-corrected chi connectivity index (χ0v) is 9.03. The highest BCUT2D eigenvalue weighted by Gasteiger charge is 2.14. The third-order valence-electron chi connectivity index (χ3n) is 1.95. The summed E-state index contributed by atoms with van der Waals surface area (Å²) in [6.07, 6.45) is 0. The molecule has 0 unspecified atom stereocenters. The van der Waals surface area contributed by atoms with E-state index in [0.29, 0.717) is 15.6 Å². The van der Waals surface area contributed by atoms with Crippen molar-refractivity contribution in [1.29, 1.82) is 0 Å². The van der Waals surface area contributed by atoms with Crippen molar-refractivity contribution in [2.75, 3.05) is 0 Å². The number of nitrogens with zero attached hydrogens (tertiary/aromatic N) is 2. The van der Waals surface area contributed by atoms with Crippen LogP contribution in [0, 0.1) is 12.1 Å². The molecular weight excluding hydrogens is 212 g/mol. The topological polar surface area (TPSA) is 53.0 Å². The van der Waals surface area contributed by atoms with Crippen molar-refractivity contribution in [3.05, 3.63) is 46.8 Å². The van der Waals surface area contributed by atoms with Crippen molar-refractivity contribution < 1.29 is 9.53 Å². The van der Waals surface area contributed by atoms with E-state index in [1.165, 1.54) is 17.3 Å². The fourth-order valence-electron chi connectivity index (χ4n) is 1.19. The lowest BCUT2D eigenvalue weighted by atomic mass is 10.2. The van der Waals surface area contributed by atoms with Crippen LogP contribution >= 0.6 is 11.8 Å². The number of hydrogen-bond acceptors (Lipinski definition) is 4. The van der Waals surface area contributed by atoms with Gasteiger partial charge in [-0.3, -0.25) is 4.63 Å². The van der Waals surface area contributed by atoms with Crippen LogP contribution in [0.15, 0.2) is 40.0 Å². The summed E-state index contributed by atoms with van der Waals surface area (Å²) < 4.78 is 4.47. The van der Waals surface area contributed by atoms with Crippen LogP contribution in [0.4, 0.5) is 0 Å². The molecule has 1 heterocycles. The number of benzene rings is 1. The summed E-state index contributed by atoms with van der Waals surface area (Å²) in [5.41, 5.74) is 1.80. The van der Waals surface area contributed by atoms with E-state index in [2.05, 4.69) is 9.79 Å². The molecule has 0 aliphatic carbocycles. The largest absolute Gasteiger partial charge is 0.359 e. The minimum atomic E-state index is 0.447. The molecule has 2 aromatic rings. The molecule has 0 fully saturated rings. The summed E-state index contributed by atoms with van der Waals surface area (Å²) in [7, 11) is 0. The number of rotatable bonds is 3. The fourth-order valence-corrected chi connectivity index (χ4v) is 2.07. The molecule has 4 nitrogen and oxygen atoms in total. The summed E-state index contributed by atoms with van der Waals surface area (Å²) in [6.45, 7) is 1.76. The first-order valence-electron chi connectivity index (χ1n) is 4.50. The molecule has 0 amide bonds. The van der Waals surface area contributed by atoms with Gasteiger partial charge in [0.2, 0.25) is 5.69 Å². The van der Waals surface area contributed by atoms with Crippen molar-refractivity contribution in [2.24, 2.45) is 0 Å². The van der Waals surface area contributed by atoms with Crippen molar-refractivity contribution in [2.45, 2.75) is 17.7 Å². The summed E-state index contributed by atoms with van der Waals surface area (Å²) in [4.78, 5) is 0.447. The molecule has 0 bridgehead atoms. The monoisotopic (exact) mass is 222 g/mol. The minimum Gasteiger partial charge on any atom is -0.359 e. The smallest absolute Gasteiger partial charge is 0.255 e. The molecule has 0 saturated carbocycles. The first-order chi connectivity index (χ1) is 7.27. The highest BCUT2D eigenvalue weighted by molar-refractivity contribution is 7.98. The van der Waals surface area contributed by atoms with Crippen LogP contribution in [0.2, 0.25) is 0 Å². The van der Waals surface area contributed by atoms with Gasteiger partial charge in [-0.2, -0.15) is 0 Å². The van der Waals surface area contributed by atoms with Gasteiger partial charge in [-0.05, 0) is 10.5 Å². The van der Waals surface area contributed by atoms with Gasteiger partial charge in [0.15, 0.2) is 0 Å². The molecule has 0 radical (unpaired) electrons. The van der Waals surface area contributed by atoms with E-state index in [4.69, 9.17) is 0 Å². The van der Waals surface area contributed by atoms with Crippen LogP contribution < -0.4 is 4.90 Å². The Morgan fingerprint density at radius 3 is 2.73 bits per heavy atom. The first kappa shape index (κ1) is 10.0. The Morgan fingerprint density at radius 1 is 1.40 bits per heavy atom. The molecule has 0 saturated heterocycles. The molecule has 0 aliphatic heterocycles. The van der Waals surface area contributed by atoms with Crippen molar-refractivity contribution >= 4 is 11.8 Å². The summed E-state index contributed by atoms with van der Waals surface area (Å²) in [5.74, 6) is 0.741. The Kier molecular flexibility index (Phi) is 2.91. The minimum absolute atomic E-state index is 0.447. The quantitative estimate of drug-likeness (QED) is 0.588. The molecular formula is C10H10N2O2S. The van der Waals surface area contributed by atoms with Gasteiger partial charge in [-0.1, -0.05) is 42.1 Å². The van der Waals surface area contributed by atoms with Crippen LogP contribution in [0.5, 0.6) is 0 Å². The van der Waals surface area contributed by atoms with Crippen LogP contribution in [-0.2, 0) is 5.75 Å². The van der Waals surface area contributed by atoms with Gasteiger partial charge < -0.3 is 5.21 Å². The summed E-state index contributed by atoms with van der Waals surface area (Å²) in [5, 5.41) is 15.2. The molecule has 1 aromatic carbocycles. The van der Waals surface area contributed by atoms with Gasteiger partial charge in [0, 0.05) is 17.8 Å². The zero-order valence-electron chi connectivity index (χ0n) is 8.21. The second-order valence-electron chi connectivity index (χ2n) is 3.09. The molecule has 0 atom stereocenters. The predicted molar refractivity (Wildman–Crippen MR) is 56.2 cm³/mol. The third kappa shape index (κ3) is 2.30. The normalized spacial score (nSPS) is 10.5. The molecule has 0 aliphatic rings. The second kappa shape index (κ2) is 4.35. The van der Waals surface area contributed by atoms with Crippen molar-refractivity contribution in [1.82, 2.24) is 5.16 Å². The molecule has 0 spiro atoms. The Hall–Kier alpha value is -1.49. The second-order valence-corrected chi connectivity index (χ2v) is 4.06. The maximum absolute atomic E-state index is 11.1. The van der Waals surface area contributed by atoms with E-state index in [0.717, 1.165) is 5.75 Å². The molecule has 78 valence electrons. The number of aryl methyl sites for hydroxylation is 1. The van der Waals surface area contributed by atoms with E-state index in [1.807, 2.05) is 30.3 Å². The standard InChI is InChI=1S/C10H10N2O2S/c1-8-10(12(13)14-11-8)15-7-9-5-3-2-4-6-9/h2-6H,7H2,1H3. The Labute approximate surface area is 91.4 Å². The first-order valence-corrected chi connectivity index (χ1v) is 5.49. The molecule has 1 aromatic heterocycles. The molecule has 0 N–H and O–H groups in total. The lowest BCUT2D eigenvalue weighted by Gasteiger charge is -1.98. The Morgan fingerprint density at radius 2 is 2.13 bits per heavy atom. The molecule has 5 heteroatoms. The van der Waals surface area contributed by atoms with Gasteiger partial charge >= 0.3 is 0 Å². The van der Waals surface area contributed by atoms with Gasteiger partial charge in [0.05, 0.1) is 0 Å². The SMILES string of the molecule is Cc1no[n+]([O-])c1SCc1ccccc1. The maximum atomic E-state index is 11.1. The molecule has 2 rings (SSSR count). The lowest BCUT2D eigenvalue weighted by molar-refractivity contribution is -0.831. The van der Waals surface area contributed by atoms with Gasteiger partial charge in [0.25, 0.3) is 5.03 Å². The lowest BCUT2D eigenvalue weighted by Crippen LogP contribution is -2.25. The van der Waals surface area contributed by atoms with E-state index in [9.17, 15) is 5.21 Å². The number of hydrogen-bond donors (Lipinski definition) is 0. The van der Waals surface area contributed by atoms with Crippen LogP contribution in [0.3, 0.4) is 0 Å². The van der Waals surface area contributed by atoms with Gasteiger partial charge in [0.1, 0.15) is 0 Å². The molecule has 15 heavy (non-hydrogen) atoms. The van der Waals surface area contributed by atoms with E-state index < -0.39 is 0 Å². The summed E-state index contributed by atoms with van der Waals surface area (Å²) >= 11 is 1.43.